The van der Waals surface area contributed by atoms with E-state index in [-0.39, 0.29) is 5.41 Å². The van der Waals surface area contributed by atoms with Crippen LogP contribution < -0.4 is 4.74 Å². The summed E-state index contributed by atoms with van der Waals surface area (Å²) in [6.07, 6.45) is 5.10. The third-order valence-electron chi connectivity index (χ3n) is 5.13. The van der Waals surface area contributed by atoms with Crippen molar-refractivity contribution in [1.29, 1.82) is 0 Å². The van der Waals surface area contributed by atoms with Crippen molar-refractivity contribution in [3.8, 4) is 5.75 Å². The molecule has 0 amide bonds. The van der Waals surface area contributed by atoms with Crippen LogP contribution in [0, 0.1) is 19.3 Å². The molecule has 0 aromatic carbocycles. The molecule has 1 saturated heterocycles. The van der Waals surface area contributed by atoms with Gasteiger partial charge in [0.05, 0.1) is 12.8 Å². The molecule has 21 heavy (non-hydrogen) atoms. The molecule has 0 saturated carbocycles. The molecule has 0 unspecified atom stereocenters. The van der Waals surface area contributed by atoms with Crippen LogP contribution in [0.25, 0.3) is 0 Å². The highest BCUT2D eigenvalue weighted by Crippen LogP contribution is 2.35. The molecule has 0 spiro atoms. The van der Waals surface area contributed by atoms with Crippen molar-refractivity contribution in [2.75, 3.05) is 26.8 Å². The minimum absolute atomic E-state index is 0.143. The number of aliphatic hydroxyl groups is 1. The van der Waals surface area contributed by atoms with E-state index in [4.69, 9.17) is 4.74 Å². The van der Waals surface area contributed by atoms with Gasteiger partial charge in [-0.15, -0.1) is 0 Å². The molecule has 0 radical (unpaired) electrons. The number of piperidine rings is 1. The van der Waals surface area contributed by atoms with Crippen LogP contribution in [0.1, 0.15) is 43.0 Å². The number of rotatable bonds is 5. The molecule has 1 aromatic heterocycles. The van der Waals surface area contributed by atoms with Gasteiger partial charge in [0.2, 0.25) is 0 Å². The number of methoxy groups -OCH3 is 1. The van der Waals surface area contributed by atoms with E-state index < -0.39 is 0 Å². The van der Waals surface area contributed by atoms with E-state index in [1.54, 1.807) is 7.11 Å². The van der Waals surface area contributed by atoms with Gasteiger partial charge in [-0.3, -0.25) is 9.88 Å². The number of aliphatic hydroxyl groups excluding tert-OH is 1. The summed E-state index contributed by atoms with van der Waals surface area (Å²) >= 11 is 0. The van der Waals surface area contributed by atoms with E-state index in [9.17, 15) is 5.11 Å². The highest BCUT2D eigenvalue weighted by Gasteiger charge is 2.32. The molecule has 4 nitrogen and oxygen atoms in total. The van der Waals surface area contributed by atoms with Crippen molar-refractivity contribution in [2.45, 2.75) is 46.6 Å². The standard InChI is InChI=1S/C17H28N2O2/c1-5-17(12-20)6-8-19(9-7-17)11-15-14(3)16(21-4)13(2)10-18-15/h10,20H,5-9,11-12H2,1-4H3. The summed E-state index contributed by atoms with van der Waals surface area (Å²) in [6, 6.07) is 0. The predicted octanol–water partition coefficient (Wildman–Crippen LogP) is 2.69. The third-order valence-corrected chi connectivity index (χ3v) is 5.13. The fourth-order valence-corrected chi connectivity index (χ4v) is 3.25. The largest absolute Gasteiger partial charge is 0.496 e. The summed E-state index contributed by atoms with van der Waals surface area (Å²) in [4.78, 5) is 7.02. The van der Waals surface area contributed by atoms with Gasteiger partial charge in [0, 0.05) is 30.5 Å². The topological polar surface area (TPSA) is 45.6 Å². The second-order valence-electron chi connectivity index (χ2n) is 6.33. The predicted molar refractivity (Wildman–Crippen MR) is 84.6 cm³/mol. The van der Waals surface area contributed by atoms with Crippen molar-refractivity contribution in [1.82, 2.24) is 9.88 Å². The Labute approximate surface area is 128 Å². The monoisotopic (exact) mass is 292 g/mol. The van der Waals surface area contributed by atoms with Crippen LogP contribution in [0.3, 0.4) is 0 Å². The molecule has 0 aliphatic carbocycles. The highest BCUT2D eigenvalue weighted by molar-refractivity contribution is 5.41. The molecular formula is C17H28N2O2. The zero-order valence-electron chi connectivity index (χ0n) is 13.8. The quantitative estimate of drug-likeness (QED) is 0.906. The second kappa shape index (κ2) is 6.75. The first kappa shape index (κ1) is 16.2. The maximum absolute atomic E-state index is 9.61. The fraction of sp³-hybridized carbons (Fsp3) is 0.706. The maximum Gasteiger partial charge on any atom is 0.128 e. The number of hydrogen-bond donors (Lipinski definition) is 1. The van der Waals surface area contributed by atoms with Gasteiger partial charge >= 0.3 is 0 Å². The van der Waals surface area contributed by atoms with Crippen LogP contribution in [0.4, 0.5) is 0 Å². The zero-order chi connectivity index (χ0) is 15.5. The molecular weight excluding hydrogens is 264 g/mol. The first-order valence-electron chi connectivity index (χ1n) is 7.87. The number of aryl methyl sites for hydroxylation is 1. The summed E-state index contributed by atoms with van der Waals surface area (Å²) in [5.41, 5.74) is 3.48. The lowest BCUT2D eigenvalue weighted by Crippen LogP contribution is -2.41. The van der Waals surface area contributed by atoms with Crippen LogP contribution >= 0.6 is 0 Å². The van der Waals surface area contributed by atoms with Crippen molar-refractivity contribution in [2.24, 2.45) is 5.41 Å². The van der Waals surface area contributed by atoms with Crippen molar-refractivity contribution in [3.05, 3.63) is 23.0 Å². The molecule has 1 aromatic rings. The van der Waals surface area contributed by atoms with Gasteiger partial charge in [0.25, 0.3) is 0 Å². The number of hydrogen-bond acceptors (Lipinski definition) is 4. The number of aromatic nitrogens is 1. The maximum atomic E-state index is 9.61. The molecule has 4 heteroatoms. The highest BCUT2D eigenvalue weighted by atomic mass is 16.5. The molecule has 1 aliphatic heterocycles. The summed E-state index contributed by atoms with van der Waals surface area (Å²) in [5, 5.41) is 9.61. The summed E-state index contributed by atoms with van der Waals surface area (Å²) < 4.78 is 5.48. The van der Waals surface area contributed by atoms with Gasteiger partial charge in [-0.1, -0.05) is 6.92 Å². The normalized spacial score (nSPS) is 18.7. The SMILES string of the molecule is CCC1(CO)CCN(Cc2ncc(C)c(OC)c2C)CC1. The van der Waals surface area contributed by atoms with Gasteiger partial charge in [0.1, 0.15) is 5.75 Å². The Kier molecular flexibility index (Phi) is 5.22. The van der Waals surface area contributed by atoms with Gasteiger partial charge < -0.3 is 9.84 Å². The van der Waals surface area contributed by atoms with Crippen LogP contribution in [-0.2, 0) is 6.54 Å². The second-order valence-corrected chi connectivity index (χ2v) is 6.33. The minimum Gasteiger partial charge on any atom is -0.496 e. The summed E-state index contributed by atoms with van der Waals surface area (Å²) in [7, 11) is 1.72. The third kappa shape index (κ3) is 3.38. The molecule has 118 valence electrons. The Balaban J connectivity index is 2.04. The van der Waals surface area contributed by atoms with E-state index in [2.05, 4.69) is 23.7 Å². The lowest BCUT2D eigenvalue weighted by Gasteiger charge is -2.40. The Bertz CT molecular complexity index is 474. The van der Waals surface area contributed by atoms with E-state index in [1.807, 2.05) is 13.1 Å². The molecule has 1 aliphatic rings. The van der Waals surface area contributed by atoms with Crippen molar-refractivity contribution < 1.29 is 9.84 Å². The first-order chi connectivity index (χ1) is 10.0. The fourth-order valence-electron chi connectivity index (χ4n) is 3.25. The average Bonchev–Trinajstić information content (AvgIpc) is 2.52. The lowest BCUT2D eigenvalue weighted by molar-refractivity contribution is 0.0377. The Morgan fingerprint density at radius 2 is 2.00 bits per heavy atom. The van der Waals surface area contributed by atoms with Crippen LogP contribution in [0.2, 0.25) is 0 Å². The minimum atomic E-state index is 0.143. The van der Waals surface area contributed by atoms with Crippen molar-refractivity contribution in [3.63, 3.8) is 0 Å². The number of nitrogens with zero attached hydrogens (tertiary/aromatic N) is 2. The van der Waals surface area contributed by atoms with Gasteiger partial charge in [-0.05, 0) is 51.6 Å². The van der Waals surface area contributed by atoms with Gasteiger partial charge in [-0.25, -0.2) is 0 Å². The van der Waals surface area contributed by atoms with E-state index in [0.717, 1.165) is 61.5 Å². The van der Waals surface area contributed by atoms with Gasteiger partial charge in [0.15, 0.2) is 0 Å². The number of ether oxygens (including phenoxy) is 1. The van der Waals surface area contributed by atoms with Crippen LogP contribution in [-0.4, -0.2) is 41.8 Å². The molecule has 0 atom stereocenters. The zero-order valence-corrected chi connectivity index (χ0v) is 13.8. The van der Waals surface area contributed by atoms with Crippen molar-refractivity contribution >= 4 is 0 Å². The molecule has 1 fully saturated rings. The molecule has 0 bridgehead atoms. The van der Waals surface area contributed by atoms with Crippen LogP contribution in [0.15, 0.2) is 6.20 Å². The van der Waals surface area contributed by atoms with E-state index in [0.29, 0.717) is 6.61 Å². The average molecular weight is 292 g/mol. The first-order valence-corrected chi connectivity index (χ1v) is 7.87. The van der Waals surface area contributed by atoms with E-state index in [1.165, 1.54) is 0 Å². The Morgan fingerprint density at radius 1 is 1.33 bits per heavy atom. The molecule has 2 heterocycles. The number of likely N-dealkylation sites (tertiary alicyclic amines) is 1. The molecule has 2 rings (SSSR count). The van der Waals surface area contributed by atoms with E-state index >= 15 is 0 Å². The number of pyridine rings is 1. The van der Waals surface area contributed by atoms with Gasteiger partial charge in [-0.2, -0.15) is 0 Å². The Morgan fingerprint density at radius 3 is 2.52 bits per heavy atom. The van der Waals surface area contributed by atoms with Crippen LogP contribution in [0.5, 0.6) is 5.75 Å². The lowest BCUT2D eigenvalue weighted by atomic mass is 9.77. The molecule has 1 N–H and O–H groups in total. The summed E-state index contributed by atoms with van der Waals surface area (Å²) in [5.74, 6) is 0.954. The summed E-state index contributed by atoms with van der Waals surface area (Å²) in [6.45, 7) is 9.54. The smallest absolute Gasteiger partial charge is 0.128 e. The Hall–Kier alpha value is -1.13.